The van der Waals surface area contributed by atoms with Gasteiger partial charge in [-0.3, -0.25) is 4.79 Å². The summed E-state index contributed by atoms with van der Waals surface area (Å²) >= 11 is 0. The minimum atomic E-state index is -0.0169. The van der Waals surface area contributed by atoms with Gasteiger partial charge in [-0.25, -0.2) is 4.98 Å². The van der Waals surface area contributed by atoms with Crippen molar-refractivity contribution >= 4 is 12.0 Å². The molecule has 1 atom stereocenters. The zero-order valence-electron chi connectivity index (χ0n) is 10.3. The Morgan fingerprint density at radius 3 is 2.94 bits per heavy atom. The fourth-order valence-corrected chi connectivity index (χ4v) is 2.88. The summed E-state index contributed by atoms with van der Waals surface area (Å²) < 4.78 is 0. The van der Waals surface area contributed by atoms with Crippen LogP contribution in [0.2, 0.25) is 0 Å². The third-order valence-electron chi connectivity index (χ3n) is 3.91. The highest BCUT2D eigenvalue weighted by Crippen LogP contribution is 2.27. The van der Waals surface area contributed by atoms with Crippen LogP contribution in [0.3, 0.4) is 0 Å². The zero-order valence-corrected chi connectivity index (χ0v) is 10.3. The molecule has 18 heavy (non-hydrogen) atoms. The maximum atomic E-state index is 11.8. The van der Waals surface area contributed by atoms with Gasteiger partial charge in [-0.2, -0.15) is 0 Å². The fourth-order valence-electron chi connectivity index (χ4n) is 2.88. The lowest BCUT2D eigenvalue weighted by molar-refractivity contribution is -0.118. The third kappa shape index (κ3) is 2.46. The number of aromatic amines is 1. The number of amides is 1. The Labute approximate surface area is 106 Å². The van der Waals surface area contributed by atoms with Gasteiger partial charge in [0.2, 0.25) is 5.91 Å². The molecule has 2 bridgehead atoms. The number of nitrogens with one attached hydrogen (secondary N) is 2. The Morgan fingerprint density at radius 1 is 1.50 bits per heavy atom. The van der Waals surface area contributed by atoms with Crippen LogP contribution in [-0.2, 0) is 4.79 Å². The van der Waals surface area contributed by atoms with Gasteiger partial charge in [0.05, 0.1) is 12.0 Å². The van der Waals surface area contributed by atoms with Crippen molar-refractivity contribution in [3.8, 4) is 0 Å². The van der Waals surface area contributed by atoms with Gasteiger partial charge in [-0.05, 0) is 37.9 Å². The second-order valence-electron chi connectivity index (χ2n) is 5.08. The van der Waals surface area contributed by atoms with Gasteiger partial charge in [0.1, 0.15) is 0 Å². The molecule has 0 saturated carbocycles. The van der Waals surface area contributed by atoms with Crippen molar-refractivity contribution in [3.63, 3.8) is 0 Å². The van der Waals surface area contributed by atoms with Crippen LogP contribution in [0, 0.1) is 5.92 Å². The number of carbonyl (C=O) groups is 1. The van der Waals surface area contributed by atoms with E-state index in [1.165, 1.54) is 25.9 Å². The van der Waals surface area contributed by atoms with E-state index in [1.54, 1.807) is 24.7 Å². The third-order valence-corrected chi connectivity index (χ3v) is 3.91. The van der Waals surface area contributed by atoms with Crippen molar-refractivity contribution in [3.05, 3.63) is 24.3 Å². The molecule has 5 heteroatoms. The van der Waals surface area contributed by atoms with E-state index in [1.807, 2.05) is 0 Å². The molecule has 1 unspecified atom stereocenters. The molecule has 4 heterocycles. The minimum absolute atomic E-state index is 0.0169. The molecule has 1 aromatic rings. The number of aromatic nitrogens is 2. The molecule has 96 valence electrons. The molecular weight excluding hydrogens is 228 g/mol. The number of hydrogen-bond donors (Lipinski definition) is 2. The molecule has 2 N–H and O–H groups in total. The number of imidazole rings is 1. The van der Waals surface area contributed by atoms with Crippen molar-refractivity contribution in [1.82, 2.24) is 20.2 Å². The van der Waals surface area contributed by atoms with E-state index in [-0.39, 0.29) is 5.91 Å². The van der Waals surface area contributed by atoms with Gasteiger partial charge in [-0.1, -0.05) is 0 Å². The number of hydrogen-bond acceptors (Lipinski definition) is 3. The topological polar surface area (TPSA) is 61.0 Å². The van der Waals surface area contributed by atoms with E-state index in [0.29, 0.717) is 12.0 Å². The summed E-state index contributed by atoms with van der Waals surface area (Å²) in [6.07, 6.45) is 9.09. The Kier molecular flexibility index (Phi) is 3.15. The summed E-state index contributed by atoms with van der Waals surface area (Å²) in [6, 6.07) is 0.323. The summed E-state index contributed by atoms with van der Waals surface area (Å²) in [6.45, 7) is 3.40. The first kappa shape index (κ1) is 11.5. The van der Waals surface area contributed by atoms with E-state index in [9.17, 15) is 4.79 Å². The van der Waals surface area contributed by atoms with Crippen molar-refractivity contribution in [2.75, 3.05) is 19.6 Å². The minimum Gasteiger partial charge on any atom is -0.351 e. The van der Waals surface area contributed by atoms with Crippen LogP contribution >= 0.6 is 0 Å². The molecule has 1 amide bonds. The first-order valence-electron chi connectivity index (χ1n) is 6.51. The molecule has 4 rings (SSSR count). The molecule has 0 aromatic carbocycles. The van der Waals surface area contributed by atoms with Crippen LogP contribution in [0.4, 0.5) is 0 Å². The molecule has 5 nitrogen and oxygen atoms in total. The number of nitrogens with zero attached hydrogens (tertiary/aromatic N) is 2. The van der Waals surface area contributed by atoms with Crippen LogP contribution in [-0.4, -0.2) is 46.5 Å². The fraction of sp³-hybridized carbons (Fsp3) is 0.538. The Hall–Kier alpha value is -1.62. The van der Waals surface area contributed by atoms with Crippen LogP contribution < -0.4 is 5.32 Å². The van der Waals surface area contributed by atoms with Gasteiger partial charge >= 0.3 is 0 Å². The van der Waals surface area contributed by atoms with Crippen LogP contribution in [0.5, 0.6) is 0 Å². The number of piperidine rings is 3. The smallest absolute Gasteiger partial charge is 0.244 e. The summed E-state index contributed by atoms with van der Waals surface area (Å²) in [7, 11) is 0. The lowest BCUT2D eigenvalue weighted by Gasteiger charge is -2.44. The predicted molar refractivity (Wildman–Crippen MR) is 68.7 cm³/mol. The highest BCUT2D eigenvalue weighted by Gasteiger charge is 2.34. The summed E-state index contributed by atoms with van der Waals surface area (Å²) in [4.78, 5) is 21.2. The lowest BCUT2D eigenvalue weighted by Crippen LogP contribution is -2.57. The molecular formula is C13H18N4O. The molecule has 0 spiro atoms. The van der Waals surface area contributed by atoms with E-state index in [4.69, 9.17) is 0 Å². The Bertz CT molecular complexity index is 432. The van der Waals surface area contributed by atoms with Crippen LogP contribution in [0.25, 0.3) is 6.08 Å². The zero-order chi connectivity index (χ0) is 12.4. The Morgan fingerprint density at radius 2 is 2.33 bits per heavy atom. The molecule has 1 aromatic heterocycles. The quantitative estimate of drug-likeness (QED) is 0.769. The summed E-state index contributed by atoms with van der Waals surface area (Å²) in [5.41, 5.74) is 0.777. The SMILES string of the molecule is O=C(/C=C/c1c[nH]cn1)NC1CN2CCC1CC2. The van der Waals surface area contributed by atoms with Crippen molar-refractivity contribution in [2.24, 2.45) is 5.92 Å². The first-order valence-corrected chi connectivity index (χ1v) is 6.51. The highest BCUT2D eigenvalue weighted by atomic mass is 16.1. The van der Waals surface area contributed by atoms with Crippen molar-refractivity contribution < 1.29 is 4.79 Å². The second-order valence-corrected chi connectivity index (χ2v) is 5.08. The molecule has 3 saturated heterocycles. The normalized spacial score (nSPS) is 30.8. The second kappa shape index (κ2) is 4.94. The van der Waals surface area contributed by atoms with Gasteiger partial charge in [-0.15, -0.1) is 0 Å². The molecule has 3 aliphatic heterocycles. The van der Waals surface area contributed by atoms with Gasteiger partial charge < -0.3 is 15.2 Å². The summed E-state index contributed by atoms with van der Waals surface area (Å²) in [5.74, 6) is 0.648. The Balaban J connectivity index is 1.55. The molecule has 3 aliphatic rings. The molecule has 0 aliphatic carbocycles. The summed E-state index contributed by atoms with van der Waals surface area (Å²) in [5, 5.41) is 3.11. The maximum Gasteiger partial charge on any atom is 0.244 e. The average Bonchev–Trinajstić information content (AvgIpc) is 2.91. The van der Waals surface area contributed by atoms with Gasteiger partial charge in [0.25, 0.3) is 0 Å². The van der Waals surface area contributed by atoms with Crippen molar-refractivity contribution in [2.45, 2.75) is 18.9 Å². The predicted octanol–water partition coefficient (Wildman–Crippen LogP) is 0.633. The van der Waals surface area contributed by atoms with Crippen LogP contribution in [0.15, 0.2) is 18.6 Å². The highest BCUT2D eigenvalue weighted by molar-refractivity contribution is 5.91. The monoisotopic (exact) mass is 246 g/mol. The number of fused-ring (bicyclic) bond motifs is 3. The largest absolute Gasteiger partial charge is 0.351 e. The van der Waals surface area contributed by atoms with E-state index in [2.05, 4.69) is 20.2 Å². The molecule has 3 fully saturated rings. The van der Waals surface area contributed by atoms with Crippen LogP contribution in [0.1, 0.15) is 18.5 Å². The lowest BCUT2D eigenvalue weighted by atomic mass is 9.84. The van der Waals surface area contributed by atoms with E-state index in [0.717, 1.165) is 12.2 Å². The number of carbonyl (C=O) groups excluding carboxylic acids is 1. The first-order chi connectivity index (χ1) is 8.81. The average molecular weight is 246 g/mol. The number of rotatable bonds is 3. The van der Waals surface area contributed by atoms with E-state index >= 15 is 0 Å². The standard InChI is InChI=1S/C13H18N4O/c18-13(2-1-11-7-14-9-15-11)16-12-8-17-5-3-10(12)4-6-17/h1-2,7,9-10,12H,3-6,8H2,(H,14,15)(H,16,18)/b2-1+. The van der Waals surface area contributed by atoms with Gasteiger partial charge in [0.15, 0.2) is 0 Å². The van der Waals surface area contributed by atoms with Gasteiger partial charge in [0, 0.05) is 24.9 Å². The maximum absolute atomic E-state index is 11.8. The van der Waals surface area contributed by atoms with Crippen molar-refractivity contribution in [1.29, 1.82) is 0 Å². The van der Waals surface area contributed by atoms with E-state index < -0.39 is 0 Å². The number of H-pyrrole nitrogens is 1. The molecule has 0 radical (unpaired) electrons.